The molecule has 1 amide bonds. The van der Waals surface area contributed by atoms with Gasteiger partial charge in [-0.15, -0.1) is 10.2 Å². The molecular formula is C19H18ClFN4OS. The molecule has 1 N–H and O–H groups in total. The first kappa shape index (κ1) is 19.4. The van der Waals surface area contributed by atoms with Crippen LogP contribution in [0.3, 0.4) is 0 Å². The second-order valence-electron chi connectivity index (χ2n) is 6.09. The maximum Gasteiger partial charge on any atom is 0.237 e. The number of hydrogen-bond acceptors (Lipinski definition) is 4. The van der Waals surface area contributed by atoms with Crippen molar-refractivity contribution in [1.29, 1.82) is 0 Å². The number of anilines is 1. The number of thioether (sulfide) groups is 1. The van der Waals surface area contributed by atoms with Crippen molar-refractivity contribution in [3.05, 3.63) is 58.9 Å². The molecule has 3 rings (SSSR count). The number of halogens is 2. The average Bonchev–Trinajstić information content (AvgIpc) is 2.99. The van der Waals surface area contributed by atoms with Crippen molar-refractivity contribution < 1.29 is 9.18 Å². The summed E-state index contributed by atoms with van der Waals surface area (Å²) in [5, 5.41) is 11.9. The third-order valence-corrected chi connectivity index (χ3v) is 5.41. The van der Waals surface area contributed by atoms with Crippen LogP contribution in [-0.2, 0) is 11.8 Å². The van der Waals surface area contributed by atoms with Gasteiger partial charge in [0.1, 0.15) is 5.82 Å². The van der Waals surface area contributed by atoms with Gasteiger partial charge >= 0.3 is 0 Å². The Bertz CT molecular complexity index is 974. The topological polar surface area (TPSA) is 59.8 Å². The van der Waals surface area contributed by atoms with E-state index in [2.05, 4.69) is 15.5 Å². The van der Waals surface area contributed by atoms with Gasteiger partial charge in [-0.25, -0.2) is 4.39 Å². The van der Waals surface area contributed by atoms with Gasteiger partial charge in [0.05, 0.1) is 5.25 Å². The Morgan fingerprint density at radius 1 is 1.22 bits per heavy atom. The average molecular weight is 405 g/mol. The highest BCUT2D eigenvalue weighted by Gasteiger charge is 2.19. The van der Waals surface area contributed by atoms with Crippen LogP contribution in [0.25, 0.3) is 11.4 Å². The Balaban J connectivity index is 1.70. The Morgan fingerprint density at radius 3 is 2.59 bits per heavy atom. The second-order valence-corrected chi connectivity index (χ2v) is 7.83. The molecular weight excluding hydrogens is 387 g/mol. The lowest BCUT2D eigenvalue weighted by Gasteiger charge is -2.12. The van der Waals surface area contributed by atoms with E-state index in [-0.39, 0.29) is 11.7 Å². The first-order valence-electron chi connectivity index (χ1n) is 8.24. The molecule has 0 aliphatic carbocycles. The predicted molar refractivity (Wildman–Crippen MR) is 107 cm³/mol. The first-order chi connectivity index (χ1) is 12.8. The molecule has 0 aliphatic rings. The highest BCUT2D eigenvalue weighted by Crippen LogP contribution is 2.27. The van der Waals surface area contributed by atoms with E-state index in [1.54, 1.807) is 38.1 Å². The molecule has 0 bridgehead atoms. The summed E-state index contributed by atoms with van der Waals surface area (Å²) in [7, 11) is 1.84. The summed E-state index contributed by atoms with van der Waals surface area (Å²) >= 11 is 7.20. The number of nitrogens with one attached hydrogen (secondary N) is 1. The molecule has 0 aliphatic heterocycles. The normalized spacial score (nSPS) is 12.0. The zero-order valence-corrected chi connectivity index (χ0v) is 16.6. The molecule has 0 unspecified atom stereocenters. The fourth-order valence-electron chi connectivity index (χ4n) is 2.39. The lowest BCUT2D eigenvalue weighted by molar-refractivity contribution is -0.115. The van der Waals surface area contributed by atoms with Gasteiger partial charge < -0.3 is 9.88 Å². The van der Waals surface area contributed by atoms with Crippen LogP contribution in [0.15, 0.2) is 47.6 Å². The predicted octanol–water partition coefficient (Wildman–Crippen LogP) is 4.70. The lowest BCUT2D eigenvalue weighted by atomic mass is 10.2. The highest BCUT2D eigenvalue weighted by atomic mass is 35.5. The Hall–Kier alpha value is -2.38. The van der Waals surface area contributed by atoms with E-state index in [4.69, 9.17) is 11.6 Å². The zero-order chi connectivity index (χ0) is 19.6. The third kappa shape index (κ3) is 4.48. The quantitative estimate of drug-likeness (QED) is 0.626. The molecule has 0 saturated heterocycles. The fourth-order valence-corrected chi connectivity index (χ4v) is 3.33. The Kier molecular flexibility index (Phi) is 5.82. The van der Waals surface area contributed by atoms with Crippen molar-refractivity contribution in [1.82, 2.24) is 14.8 Å². The number of amides is 1. The molecule has 0 radical (unpaired) electrons. The molecule has 27 heavy (non-hydrogen) atoms. The molecule has 1 heterocycles. The van der Waals surface area contributed by atoms with Gasteiger partial charge in [0, 0.05) is 23.3 Å². The van der Waals surface area contributed by atoms with Gasteiger partial charge in [-0.05, 0) is 55.8 Å². The second kappa shape index (κ2) is 8.10. The van der Waals surface area contributed by atoms with Crippen LogP contribution in [0.2, 0.25) is 5.02 Å². The minimum atomic E-state index is -0.435. The summed E-state index contributed by atoms with van der Waals surface area (Å²) in [6.07, 6.45) is 0. The number of carbonyl (C=O) groups is 1. The SMILES string of the molecule is Cc1ccc(NC(=O)[C@H](C)Sc2nnc(-c3ccc(Cl)cc3)n2C)cc1F. The molecule has 3 aromatic rings. The minimum Gasteiger partial charge on any atom is -0.325 e. The minimum absolute atomic E-state index is 0.237. The number of aromatic nitrogens is 3. The van der Waals surface area contributed by atoms with Gasteiger partial charge in [0.15, 0.2) is 11.0 Å². The van der Waals surface area contributed by atoms with E-state index in [9.17, 15) is 9.18 Å². The molecule has 5 nitrogen and oxygen atoms in total. The molecule has 0 saturated carbocycles. The number of rotatable bonds is 5. The molecule has 140 valence electrons. The summed E-state index contributed by atoms with van der Waals surface area (Å²) in [5.41, 5.74) is 1.84. The highest BCUT2D eigenvalue weighted by molar-refractivity contribution is 8.00. The Morgan fingerprint density at radius 2 is 1.93 bits per heavy atom. The van der Waals surface area contributed by atoms with Crippen LogP contribution in [0, 0.1) is 12.7 Å². The lowest BCUT2D eigenvalue weighted by Crippen LogP contribution is -2.23. The molecule has 2 aromatic carbocycles. The van der Waals surface area contributed by atoms with E-state index in [1.165, 1.54) is 17.8 Å². The summed E-state index contributed by atoms with van der Waals surface area (Å²) in [6.45, 7) is 3.44. The van der Waals surface area contributed by atoms with Crippen LogP contribution < -0.4 is 5.32 Å². The maximum absolute atomic E-state index is 13.6. The summed E-state index contributed by atoms with van der Waals surface area (Å²) in [6, 6.07) is 11.9. The fraction of sp³-hybridized carbons (Fsp3) is 0.211. The van der Waals surface area contributed by atoms with Gasteiger partial charge in [-0.3, -0.25) is 4.79 Å². The maximum atomic E-state index is 13.6. The number of nitrogens with zero attached hydrogens (tertiary/aromatic N) is 3. The van der Waals surface area contributed by atoms with Crippen LogP contribution >= 0.6 is 23.4 Å². The Labute approximate surface area is 166 Å². The van der Waals surface area contributed by atoms with Crippen molar-refractivity contribution in [3.8, 4) is 11.4 Å². The number of aryl methyl sites for hydroxylation is 1. The van der Waals surface area contributed by atoms with Crippen molar-refractivity contribution in [2.75, 3.05) is 5.32 Å². The molecule has 8 heteroatoms. The van der Waals surface area contributed by atoms with Crippen LogP contribution in [0.5, 0.6) is 0 Å². The first-order valence-corrected chi connectivity index (χ1v) is 9.50. The molecule has 1 aromatic heterocycles. The molecule has 0 fully saturated rings. The summed E-state index contributed by atoms with van der Waals surface area (Å²) < 4.78 is 15.5. The van der Waals surface area contributed by atoms with Gasteiger partial charge in [-0.1, -0.05) is 29.4 Å². The van der Waals surface area contributed by atoms with Crippen molar-refractivity contribution in [2.24, 2.45) is 7.05 Å². The third-order valence-electron chi connectivity index (χ3n) is 4.03. The number of benzene rings is 2. The van der Waals surface area contributed by atoms with E-state index in [1.807, 2.05) is 23.7 Å². The summed E-state index contributed by atoms with van der Waals surface area (Å²) in [4.78, 5) is 12.4. The monoisotopic (exact) mass is 404 g/mol. The molecule has 1 atom stereocenters. The van der Waals surface area contributed by atoms with Crippen LogP contribution in [0.1, 0.15) is 12.5 Å². The van der Waals surface area contributed by atoms with Gasteiger partial charge in [-0.2, -0.15) is 0 Å². The zero-order valence-electron chi connectivity index (χ0n) is 15.0. The van der Waals surface area contributed by atoms with Crippen molar-refractivity contribution in [2.45, 2.75) is 24.3 Å². The van der Waals surface area contributed by atoms with Crippen LogP contribution in [0.4, 0.5) is 10.1 Å². The van der Waals surface area contributed by atoms with E-state index < -0.39 is 5.25 Å². The van der Waals surface area contributed by atoms with E-state index in [0.717, 1.165) is 5.56 Å². The van der Waals surface area contributed by atoms with E-state index in [0.29, 0.717) is 27.3 Å². The largest absolute Gasteiger partial charge is 0.325 e. The number of hydrogen-bond donors (Lipinski definition) is 1. The van der Waals surface area contributed by atoms with E-state index >= 15 is 0 Å². The van der Waals surface area contributed by atoms with Crippen molar-refractivity contribution in [3.63, 3.8) is 0 Å². The van der Waals surface area contributed by atoms with Gasteiger partial charge in [0.25, 0.3) is 0 Å². The van der Waals surface area contributed by atoms with Gasteiger partial charge in [0.2, 0.25) is 5.91 Å². The van der Waals surface area contributed by atoms with Crippen molar-refractivity contribution >= 4 is 35.0 Å². The number of carbonyl (C=O) groups excluding carboxylic acids is 1. The summed E-state index contributed by atoms with van der Waals surface area (Å²) in [5.74, 6) is 0.0932. The molecule has 0 spiro atoms. The van der Waals surface area contributed by atoms with Crippen LogP contribution in [-0.4, -0.2) is 25.9 Å². The smallest absolute Gasteiger partial charge is 0.237 e. The standard InChI is InChI=1S/C19H18ClFN4OS/c1-11-4-9-15(10-16(11)21)22-18(26)12(2)27-19-24-23-17(25(19)3)13-5-7-14(20)8-6-13/h4-10,12H,1-3H3,(H,22,26)/t12-/m0/s1.